The molecule has 2 unspecified atom stereocenters. The van der Waals surface area contributed by atoms with Crippen molar-refractivity contribution in [3.63, 3.8) is 0 Å². The summed E-state index contributed by atoms with van der Waals surface area (Å²) < 4.78 is 1.57. The predicted molar refractivity (Wildman–Crippen MR) is 205 cm³/mol. The Hall–Kier alpha value is -6.48. The predicted octanol–water partition coefficient (Wildman–Crippen LogP) is 7.54. The number of aromatic amines is 1. The van der Waals surface area contributed by atoms with Crippen LogP contribution in [0.2, 0.25) is 0 Å². The molecule has 0 fully saturated rings. The van der Waals surface area contributed by atoms with Crippen LogP contribution in [0.15, 0.2) is 155 Å². The number of nitrogens with zero attached hydrogens (tertiary/aromatic N) is 3. The van der Waals surface area contributed by atoms with Crippen LogP contribution in [-0.2, 0) is 7.05 Å². The standard InChI is InChI=1S/C43H34N6O2/c1-49-23-21-37-35(43(49)51)25-33(27-10-6-3-7-11-27)41(48-37)31-18-14-29(15-19-31)39(45)38(44)28-12-16-30(17-13-28)40-32(26-8-4-2-5-9-26)24-34-36(47-40)20-22-46-42(34)50/h2-25,38-39H,44-45H2,1H3,(H,46,50). The van der Waals surface area contributed by atoms with Gasteiger partial charge in [-0.15, -0.1) is 0 Å². The number of hydrogen-bond acceptors (Lipinski definition) is 6. The third-order valence-electron chi connectivity index (χ3n) is 9.51. The number of pyridine rings is 4. The average Bonchev–Trinajstić information content (AvgIpc) is 3.19. The van der Waals surface area contributed by atoms with E-state index in [1.807, 2.05) is 133 Å². The van der Waals surface area contributed by atoms with Gasteiger partial charge >= 0.3 is 0 Å². The molecule has 0 radical (unpaired) electrons. The van der Waals surface area contributed by atoms with Crippen molar-refractivity contribution in [2.45, 2.75) is 12.1 Å². The molecule has 0 aliphatic heterocycles. The summed E-state index contributed by atoms with van der Waals surface area (Å²) in [5, 5.41) is 1.11. The quantitative estimate of drug-likeness (QED) is 0.161. The molecule has 0 spiro atoms. The summed E-state index contributed by atoms with van der Waals surface area (Å²) in [5.41, 5.74) is 23.4. The zero-order valence-electron chi connectivity index (χ0n) is 27.8. The Morgan fingerprint density at radius 1 is 0.569 bits per heavy atom. The van der Waals surface area contributed by atoms with Crippen molar-refractivity contribution in [1.29, 1.82) is 0 Å². The summed E-state index contributed by atoms with van der Waals surface area (Å²) in [6.07, 6.45) is 3.35. The van der Waals surface area contributed by atoms with Gasteiger partial charge in [0.25, 0.3) is 11.1 Å². The van der Waals surface area contributed by atoms with Gasteiger partial charge in [0.2, 0.25) is 0 Å². The summed E-state index contributed by atoms with van der Waals surface area (Å²) in [5.74, 6) is 0. The summed E-state index contributed by atoms with van der Waals surface area (Å²) in [6.45, 7) is 0. The molecule has 248 valence electrons. The molecule has 0 aliphatic carbocycles. The fourth-order valence-corrected chi connectivity index (χ4v) is 6.63. The van der Waals surface area contributed by atoms with Gasteiger partial charge in [0, 0.05) is 53.8 Å². The molecule has 5 N–H and O–H groups in total. The highest BCUT2D eigenvalue weighted by Gasteiger charge is 2.20. The number of aryl methyl sites for hydroxylation is 1. The van der Waals surface area contributed by atoms with Crippen LogP contribution in [0.3, 0.4) is 0 Å². The van der Waals surface area contributed by atoms with Gasteiger partial charge in [0.05, 0.1) is 33.2 Å². The molecule has 51 heavy (non-hydrogen) atoms. The van der Waals surface area contributed by atoms with Gasteiger partial charge in [-0.3, -0.25) is 9.59 Å². The van der Waals surface area contributed by atoms with E-state index in [-0.39, 0.29) is 11.1 Å². The molecule has 8 aromatic rings. The zero-order chi connectivity index (χ0) is 35.1. The topological polar surface area (TPSA) is 133 Å². The lowest BCUT2D eigenvalue weighted by Crippen LogP contribution is -2.26. The summed E-state index contributed by atoms with van der Waals surface area (Å²) in [4.78, 5) is 38.2. The second kappa shape index (κ2) is 13.1. The van der Waals surface area contributed by atoms with E-state index in [0.717, 1.165) is 55.9 Å². The minimum Gasteiger partial charge on any atom is -0.328 e. The maximum Gasteiger partial charge on any atom is 0.259 e. The lowest BCUT2D eigenvalue weighted by Gasteiger charge is -2.22. The highest BCUT2D eigenvalue weighted by Crippen LogP contribution is 2.36. The number of aromatic nitrogens is 4. The Morgan fingerprint density at radius 2 is 1.04 bits per heavy atom. The number of benzene rings is 4. The van der Waals surface area contributed by atoms with Gasteiger partial charge < -0.3 is 21.0 Å². The zero-order valence-corrected chi connectivity index (χ0v) is 27.8. The maximum absolute atomic E-state index is 13.0. The molecule has 4 heterocycles. The van der Waals surface area contributed by atoms with Gasteiger partial charge in [0.15, 0.2) is 0 Å². The molecule has 0 saturated carbocycles. The van der Waals surface area contributed by atoms with Gasteiger partial charge in [-0.1, -0.05) is 109 Å². The van der Waals surface area contributed by atoms with E-state index in [0.29, 0.717) is 21.8 Å². The maximum atomic E-state index is 13.0. The van der Waals surface area contributed by atoms with E-state index in [1.165, 1.54) is 0 Å². The average molecular weight is 667 g/mol. The number of rotatable bonds is 7. The second-order valence-electron chi connectivity index (χ2n) is 12.7. The fourth-order valence-electron chi connectivity index (χ4n) is 6.63. The molecule has 0 saturated heterocycles. The number of hydrogen-bond donors (Lipinski definition) is 3. The highest BCUT2D eigenvalue weighted by molar-refractivity contribution is 5.92. The monoisotopic (exact) mass is 666 g/mol. The fraction of sp³-hybridized carbons (Fsp3) is 0.0698. The van der Waals surface area contributed by atoms with Crippen molar-refractivity contribution in [1.82, 2.24) is 19.5 Å². The first-order valence-corrected chi connectivity index (χ1v) is 16.7. The van der Waals surface area contributed by atoms with Gasteiger partial charge in [-0.25, -0.2) is 9.97 Å². The lowest BCUT2D eigenvalue weighted by molar-refractivity contribution is 0.574. The van der Waals surface area contributed by atoms with E-state index in [4.69, 9.17) is 21.4 Å². The minimum absolute atomic E-state index is 0.0890. The van der Waals surface area contributed by atoms with Crippen molar-refractivity contribution in [3.8, 4) is 44.8 Å². The van der Waals surface area contributed by atoms with Crippen LogP contribution in [0.1, 0.15) is 23.2 Å². The Morgan fingerprint density at radius 3 is 1.55 bits per heavy atom. The molecule has 4 aromatic carbocycles. The Balaban J connectivity index is 1.10. The summed E-state index contributed by atoms with van der Waals surface area (Å²) in [6, 6.07) is 42.4. The van der Waals surface area contributed by atoms with Crippen molar-refractivity contribution in [3.05, 3.63) is 178 Å². The number of H-pyrrole nitrogens is 1. The minimum atomic E-state index is -0.475. The molecule has 0 aliphatic rings. The Labute approximate surface area is 293 Å². The first kappa shape index (κ1) is 31.8. The molecule has 8 rings (SSSR count). The van der Waals surface area contributed by atoms with Crippen LogP contribution in [0.5, 0.6) is 0 Å². The molecule has 2 atom stereocenters. The molecule has 8 heteroatoms. The van der Waals surface area contributed by atoms with Gasteiger partial charge in [0.1, 0.15) is 0 Å². The summed E-state index contributed by atoms with van der Waals surface area (Å²) >= 11 is 0. The van der Waals surface area contributed by atoms with Crippen LogP contribution in [0.25, 0.3) is 66.6 Å². The van der Waals surface area contributed by atoms with E-state index in [9.17, 15) is 9.59 Å². The smallest absolute Gasteiger partial charge is 0.259 e. The van der Waals surface area contributed by atoms with Gasteiger partial charge in [-0.05, 0) is 46.5 Å². The van der Waals surface area contributed by atoms with Crippen molar-refractivity contribution < 1.29 is 0 Å². The van der Waals surface area contributed by atoms with Crippen molar-refractivity contribution in [2.75, 3.05) is 0 Å². The van der Waals surface area contributed by atoms with Crippen LogP contribution in [-0.4, -0.2) is 19.5 Å². The normalized spacial score (nSPS) is 12.6. The highest BCUT2D eigenvalue weighted by atomic mass is 16.1. The van der Waals surface area contributed by atoms with Crippen LogP contribution < -0.4 is 22.6 Å². The SMILES string of the molecule is Cn1ccc2nc(-c3ccc(C(N)C(N)c4ccc(-c5nc6cc[nH]c(=O)c6cc5-c5ccccc5)cc4)cc3)c(-c3ccccc3)cc2c1=O. The Bertz CT molecular complexity index is 2650. The third kappa shape index (κ3) is 5.93. The number of fused-ring (bicyclic) bond motifs is 2. The second-order valence-corrected chi connectivity index (χ2v) is 12.7. The molecular formula is C43H34N6O2. The lowest BCUT2D eigenvalue weighted by atomic mass is 9.91. The largest absolute Gasteiger partial charge is 0.328 e. The number of nitrogens with two attached hydrogens (primary N) is 2. The molecule has 0 bridgehead atoms. The van der Waals surface area contributed by atoms with Crippen molar-refractivity contribution >= 4 is 21.8 Å². The van der Waals surface area contributed by atoms with Crippen LogP contribution in [0, 0.1) is 0 Å². The van der Waals surface area contributed by atoms with Crippen LogP contribution >= 0.6 is 0 Å². The van der Waals surface area contributed by atoms with E-state index >= 15 is 0 Å². The van der Waals surface area contributed by atoms with Gasteiger partial charge in [-0.2, -0.15) is 0 Å². The Kier molecular flexibility index (Phi) is 8.16. The van der Waals surface area contributed by atoms with E-state index in [1.54, 1.807) is 24.0 Å². The van der Waals surface area contributed by atoms with E-state index < -0.39 is 12.1 Å². The first-order valence-electron chi connectivity index (χ1n) is 16.7. The first-order chi connectivity index (χ1) is 24.9. The molecule has 0 amide bonds. The third-order valence-corrected chi connectivity index (χ3v) is 9.51. The molecule has 4 aromatic heterocycles. The van der Waals surface area contributed by atoms with E-state index in [2.05, 4.69) is 4.98 Å². The summed E-state index contributed by atoms with van der Waals surface area (Å²) in [7, 11) is 1.74. The van der Waals surface area contributed by atoms with Crippen LogP contribution in [0.4, 0.5) is 0 Å². The molecule has 8 nitrogen and oxygen atoms in total. The van der Waals surface area contributed by atoms with Crippen molar-refractivity contribution in [2.24, 2.45) is 18.5 Å². The number of nitrogens with one attached hydrogen (secondary N) is 1. The molecular weight excluding hydrogens is 633 g/mol.